The summed E-state index contributed by atoms with van der Waals surface area (Å²) in [6.07, 6.45) is -2.12. The predicted octanol–water partition coefficient (Wildman–Crippen LogP) is 5.91. The minimum atomic E-state index is -4.65. The van der Waals surface area contributed by atoms with Gasteiger partial charge >= 0.3 is 18.2 Å². The highest BCUT2D eigenvalue weighted by atomic mass is 35.5. The second kappa shape index (κ2) is 9.15. The van der Waals surface area contributed by atoms with Gasteiger partial charge in [0.25, 0.3) is 0 Å². The number of aromatic carboxylic acids is 1. The summed E-state index contributed by atoms with van der Waals surface area (Å²) in [4.78, 5) is 28.2. The van der Waals surface area contributed by atoms with Crippen LogP contribution in [0.1, 0.15) is 15.9 Å². The highest BCUT2D eigenvalue weighted by molar-refractivity contribution is 6.31. The van der Waals surface area contributed by atoms with Crippen molar-refractivity contribution in [2.45, 2.75) is 6.18 Å². The Morgan fingerprint density at radius 2 is 1.75 bits per heavy atom. The van der Waals surface area contributed by atoms with Gasteiger partial charge in [0.2, 0.25) is 0 Å². The van der Waals surface area contributed by atoms with E-state index in [1.807, 2.05) is 0 Å². The summed E-state index contributed by atoms with van der Waals surface area (Å²) in [7, 11) is 1.32. The highest BCUT2D eigenvalue weighted by Gasteiger charge is 2.34. The zero-order valence-electron chi connectivity index (χ0n) is 16.4. The van der Waals surface area contributed by atoms with Crippen molar-refractivity contribution in [2.24, 2.45) is 0 Å². The monoisotopic (exact) mass is 465 g/mol. The van der Waals surface area contributed by atoms with Crippen LogP contribution >= 0.6 is 11.6 Å². The van der Waals surface area contributed by atoms with Crippen LogP contribution in [0, 0.1) is 0 Å². The first-order chi connectivity index (χ1) is 15.0. The average molecular weight is 466 g/mol. The zero-order valence-corrected chi connectivity index (χ0v) is 17.1. The topological polar surface area (TPSA) is 91.8 Å². The summed E-state index contributed by atoms with van der Waals surface area (Å²) in [5, 5.41) is 11.1. The fourth-order valence-corrected chi connectivity index (χ4v) is 2.82. The van der Waals surface area contributed by atoms with E-state index in [0.717, 1.165) is 17.0 Å². The van der Waals surface area contributed by atoms with Crippen LogP contribution in [-0.4, -0.2) is 29.1 Å². The zero-order chi connectivity index (χ0) is 23.5. The van der Waals surface area contributed by atoms with Gasteiger partial charge in [-0.3, -0.25) is 9.88 Å². The van der Waals surface area contributed by atoms with Gasteiger partial charge < -0.3 is 15.2 Å². The Labute approximate surface area is 185 Å². The Hall–Kier alpha value is -3.79. The van der Waals surface area contributed by atoms with Gasteiger partial charge in [0, 0.05) is 24.6 Å². The van der Waals surface area contributed by atoms with Crippen LogP contribution in [-0.2, 0) is 6.18 Å². The fraction of sp³-hybridized carbons (Fsp3) is 0.0952. The van der Waals surface area contributed by atoms with Crippen LogP contribution in [0.2, 0.25) is 5.02 Å². The molecule has 0 saturated carbocycles. The molecule has 2 amide bonds. The summed E-state index contributed by atoms with van der Waals surface area (Å²) >= 11 is 5.61. The number of hydrogen-bond donors (Lipinski definition) is 2. The molecule has 2 N–H and O–H groups in total. The number of aromatic nitrogens is 1. The number of alkyl halides is 3. The van der Waals surface area contributed by atoms with Crippen LogP contribution in [0.4, 0.5) is 29.3 Å². The molecular formula is C21H15ClF3N3O4. The van der Waals surface area contributed by atoms with Crippen molar-refractivity contribution in [1.29, 1.82) is 0 Å². The predicted molar refractivity (Wildman–Crippen MR) is 112 cm³/mol. The number of carboxylic acids is 1. The molecule has 0 aliphatic heterocycles. The van der Waals surface area contributed by atoms with Crippen molar-refractivity contribution in [3.05, 3.63) is 77.1 Å². The van der Waals surface area contributed by atoms with Crippen molar-refractivity contribution < 1.29 is 32.6 Å². The lowest BCUT2D eigenvalue weighted by atomic mass is 10.2. The molecule has 3 aromatic rings. The van der Waals surface area contributed by atoms with Gasteiger partial charge in [-0.2, -0.15) is 13.2 Å². The number of nitrogens with zero attached hydrogens (tertiary/aromatic N) is 2. The molecule has 0 bridgehead atoms. The second-order valence-corrected chi connectivity index (χ2v) is 6.90. The number of benzene rings is 2. The van der Waals surface area contributed by atoms with E-state index < -0.39 is 28.8 Å². The lowest BCUT2D eigenvalue weighted by Crippen LogP contribution is -2.31. The third kappa shape index (κ3) is 5.46. The number of pyridine rings is 1. The Balaban J connectivity index is 1.68. The summed E-state index contributed by atoms with van der Waals surface area (Å²) < 4.78 is 44.7. The number of carbonyl (C=O) groups excluding carboxylic acids is 1. The number of urea groups is 1. The van der Waals surface area contributed by atoms with Gasteiger partial charge in [-0.15, -0.1) is 0 Å². The Morgan fingerprint density at radius 1 is 1.06 bits per heavy atom. The normalized spacial score (nSPS) is 11.0. The molecule has 0 fully saturated rings. The average Bonchev–Trinajstić information content (AvgIpc) is 2.74. The first-order valence-corrected chi connectivity index (χ1v) is 9.30. The van der Waals surface area contributed by atoms with Crippen molar-refractivity contribution in [3.8, 4) is 11.5 Å². The SMILES string of the molecule is CN(C(=O)Nc1ccc(Oc2cncc(C(=O)O)c2)cc1)c1ccc(Cl)c(C(F)(F)F)c1. The summed E-state index contributed by atoms with van der Waals surface area (Å²) in [5.41, 5.74) is -0.716. The third-order valence-corrected chi connectivity index (χ3v) is 4.58. The minimum absolute atomic E-state index is 0.00462. The summed E-state index contributed by atoms with van der Waals surface area (Å²) in [6, 6.07) is 9.86. The van der Waals surface area contributed by atoms with E-state index in [9.17, 15) is 22.8 Å². The van der Waals surface area contributed by atoms with E-state index in [0.29, 0.717) is 11.4 Å². The standard InChI is InChI=1S/C21H15ClF3N3O4/c1-28(14-4-7-18(22)17(9-14)21(23,24)25)20(31)27-13-2-5-15(6-3-13)32-16-8-12(19(29)30)10-26-11-16/h2-11H,1H3,(H,27,31)(H,29,30). The number of anilines is 2. The van der Waals surface area contributed by atoms with Crippen LogP contribution in [0.3, 0.4) is 0 Å². The molecule has 0 saturated heterocycles. The first-order valence-electron chi connectivity index (χ1n) is 8.92. The summed E-state index contributed by atoms with van der Waals surface area (Å²) in [5.74, 6) is -0.578. The lowest BCUT2D eigenvalue weighted by molar-refractivity contribution is -0.137. The molecule has 0 spiro atoms. The number of amides is 2. The van der Waals surface area contributed by atoms with Crippen molar-refractivity contribution in [3.63, 3.8) is 0 Å². The molecule has 1 heterocycles. The van der Waals surface area contributed by atoms with E-state index in [4.69, 9.17) is 21.4 Å². The lowest BCUT2D eigenvalue weighted by Gasteiger charge is -2.20. The summed E-state index contributed by atoms with van der Waals surface area (Å²) in [6.45, 7) is 0. The van der Waals surface area contributed by atoms with Crippen LogP contribution in [0.15, 0.2) is 60.9 Å². The minimum Gasteiger partial charge on any atom is -0.478 e. The van der Waals surface area contributed by atoms with Crippen molar-refractivity contribution >= 4 is 35.0 Å². The van der Waals surface area contributed by atoms with Gasteiger partial charge in [0.1, 0.15) is 11.5 Å². The fourth-order valence-electron chi connectivity index (χ4n) is 2.60. The molecule has 0 atom stereocenters. The molecule has 166 valence electrons. The molecule has 3 rings (SSSR count). The van der Waals surface area contributed by atoms with Crippen molar-refractivity contribution in [2.75, 3.05) is 17.3 Å². The molecular weight excluding hydrogens is 451 g/mol. The van der Waals surface area contributed by atoms with Gasteiger partial charge in [0.15, 0.2) is 0 Å². The van der Waals surface area contributed by atoms with E-state index in [1.165, 1.54) is 55.8 Å². The highest BCUT2D eigenvalue weighted by Crippen LogP contribution is 2.37. The largest absolute Gasteiger partial charge is 0.478 e. The Morgan fingerprint density at radius 3 is 2.38 bits per heavy atom. The molecule has 0 aliphatic carbocycles. The van der Waals surface area contributed by atoms with E-state index >= 15 is 0 Å². The Bertz CT molecular complexity index is 1150. The van der Waals surface area contributed by atoms with Crippen LogP contribution in [0.25, 0.3) is 0 Å². The van der Waals surface area contributed by atoms with E-state index in [2.05, 4.69) is 10.3 Å². The first kappa shape index (κ1) is 22.9. The Kier molecular flexibility index (Phi) is 6.54. The second-order valence-electron chi connectivity index (χ2n) is 6.49. The van der Waals surface area contributed by atoms with Gasteiger partial charge in [-0.1, -0.05) is 11.6 Å². The number of rotatable bonds is 5. The number of halogens is 4. The smallest absolute Gasteiger partial charge is 0.417 e. The molecule has 7 nitrogen and oxygen atoms in total. The maximum atomic E-state index is 13.0. The molecule has 0 aliphatic rings. The molecule has 0 radical (unpaired) electrons. The number of nitrogens with one attached hydrogen (secondary N) is 1. The molecule has 32 heavy (non-hydrogen) atoms. The number of hydrogen-bond acceptors (Lipinski definition) is 4. The van der Waals surface area contributed by atoms with Gasteiger partial charge in [0.05, 0.1) is 22.3 Å². The number of carboxylic acid groups (broad SMARTS) is 1. The maximum Gasteiger partial charge on any atom is 0.417 e. The molecule has 0 unspecified atom stereocenters. The molecule has 2 aromatic carbocycles. The quantitative estimate of drug-likeness (QED) is 0.488. The third-order valence-electron chi connectivity index (χ3n) is 4.25. The van der Waals surface area contributed by atoms with Gasteiger partial charge in [-0.05, 0) is 48.5 Å². The molecule has 1 aromatic heterocycles. The molecule has 11 heteroatoms. The van der Waals surface area contributed by atoms with Crippen LogP contribution < -0.4 is 15.0 Å². The maximum absolute atomic E-state index is 13.0. The van der Waals surface area contributed by atoms with E-state index in [-0.39, 0.29) is 17.0 Å². The number of carbonyl (C=O) groups is 2. The van der Waals surface area contributed by atoms with E-state index in [1.54, 1.807) is 0 Å². The van der Waals surface area contributed by atoms with Crippen molar-refractivity contribution in [1.82, 2.24) is 4.98 Å². The van der Waals surface area contributed by atoms with Gasteiger partial charge in [-0.25, -0.2) is 9.59 Å². The number of ether oxygens (including phenoxy) is 1. The van der Waals surface area contributed by atoms with Crippen LogP contribution in [0.5, 0.6) is 11.5 Å².